The van der Waals surface area contributed by atoms with Crippen LogP contribution < -0.4 is 0 Å². The van der Waals surface area contributed by atoms with Crippen LogP contribution in [0.3, 0.4) is 0 Å². The van der Waals surface area contributed by atoms with Crippen LogP contribution in [-0.2, 0) is 0 Å². The van der Waals surface area contributed by atoms with Gasteiger partial charge in [-0.25, -0.2) is 9.48 Å². The van der Waals surface area contributed by atoms with Crippen molar-refractivity contribution < 1.29 is 19.7 Å². The minimum Gasteiger partial charge on any atom is -0.478 e. The van der Waals surface area contributed by atoms with Gasteiger partial charge in [0.2, 0.25) is 0 Å². The Balaban J connectivity index is 2.68. The molecule has 0 amide bonds. The van der Waals surface area contributed by atoms with E-state index in [0.29, 0.717) is 0 Å². The van der Waals surface area contributed by atoms with Crippen molar-refractivity contribution in [2.24, 2.45) is 0 Å². The SMILES string of the molecule is Cc1c(-n2cc([N+](=O)[O-])cn2)cc(C(=O)O)cc1[N+](=O)[O-]. The van der Waals surface area contributed by atoms with E-state index in [2.05, 4.69) is 5.10 Å². The second-order valence-electron chi connectivity index (χ2n) is 4.10. The molecule has 0 aliphatic rings. The zero-order valence-corrected chi connectivity index (χ0v) is 10.6. The van der Waals surface area contributed by atoms with Crippen molar-refractivity contribution in [3.63, 3.8) is 0 Å². The lowest BCUT2D eigenvalue weighted by atomic mass is 10.1. The Bertz CT molecular complexity index is 766. The molecule has 10 heteroatoms. The van der Waals surface area contributed by atoms with Crippen molar-refractivity contribution in [2.45, 2.75) is 6.92 Å². The van der Waals surface area contributed by atoms with Gasteiger partial charge in [0.15, 0.2) is 0 Å². The summed E-state index contributed by atoms with van der Waals surface area (Å²) >= 11 is 0. The highest BCUT2D eigenvalue weighted by molar-refractivity contribution is 5.89. The van der Waals surface area contributed by atoms with Gasteiger partial charge < -0.3 is 5.11 Å². The van der Waals surface area contributed by atoms with E-state index in [1.165, 1.54) is 13.0 Å². The number of nitrogens with zero attached hydrogens (tertiary/aromatic N) is 4. The smallest absolute Gasteiger partial charge is 0.336 e. The number of nitro benzene ring substituents is 1. The fourth-order valence-electron chi connectivity index (χ4n) is 1.77. The monoisotopic (exact) mass is 292 g/mol. The van der Waals surface area contributed by atoms with Crippen LogP contribution in [0.15, 0.2) is 24.5 Å². The van der Waals surface area contributed by atoms with Crippen molar-refractivity contribution in [1.82, 2.24) is 9.78 Å². The molecule has 1 aromatic heterocycles. The molecule has 0 aliphatic heterocycles. The molecule has 1 aromatic carbocycles. The van der Waals surface area contributed by atoms with Gasteiger partial charge in [0.1, 0.15) is 12.4 Å². The standard InChI is InChI=1S/C11H8N4O6/c1-6-9(13-5-8(4-12-13)14(18)19)2-7(11(16)17)3-10(6)15(20)21/h2-5H,1H3,(H,16,17). The number of carbonyl (C=O) groups is 1. The molecule has 0 saturated heterocycles. The van der Waals surface area contributed by atoms with Crippen molar-refractivity contribution in [3.8, 4) is 5.69 Å². The number of carboxylic acids is 1. The average Bonchev–Trinajstić information content (AvgIpc) is 2.87. The Hall–Kier alpha value is -3.30. The van der Waals surface area contributed by atoms with Gasteiger partial charge in [-0.15, -0.1) is 0 Å². The molecule has 0 radical (unpaired) electrons. The number of hydrogen-bond acceptors (Lipinski definition) is 6. The van der Waals surface area contributed by atoms with Crippen LogP contribution in [0.1, 0.15) is 15.9 Å². The Morgan fingerprint density at radius 2 is 1.95 bits per heavy atom. The summed E-state index contributed by atoms with van der Waals surface area (Å²) in [4.78, 5) is 31.2. The number of hydrogen-bond donors (Lipinski definition) is 1. The van der Waals surface area contributed by atoms with Gasteiger partial charge in [0.05, 0.1) is 26.7 Å². The summed E-state index contributed by atoms with van der Waals surface area (Å²) in [6.07, 6.45) is 2.02. The lowest BCUT2D eigenvalue weighted by Crippen LogP contribution is -2.06. The highest BCUT2D eigenvalue weighted by Crippen LogP contribution is 2.27. The molecule has 108 valence electrons. The van der Waals surface area contributed by atoms with Crippen molar-refractivity contribution in [2.75, 3.05) is 0 Å². The first-order valence-electron chi connectivity index (χ1n) is 5.53. The highest BCUT2D eigenvalue weighted by Gasteiger charge is 2.21. The summed E-state index contributed by atoms with van der Waals surface area (Å²) in [6.45, 7) is 1.41. The van der Waals surface area contributed by atoms with E-state index in [1.807, 2.05) is 0 Å². The molecule has 0 atom stereocenters. The Morgan fingerprint density at radius 1 is 1.29 bits per heavy atom. The van der Waals surface area contributed by atoms with Gasteiger partial charge in [0, 0.05) is 6.07 Å². The Labute approximate surface area is 116 Å². The number of nitro groups is 2. The van der Waals surface area contributed by atoms with Gasteiger partial charge >= 0.3 is 11.7 Å². The molecule has 0 unspecified atom stereocenters. The average molecular weight is 292 g/mol. The molecule has 0 spiro atoms. The quantitative estimate of drug-likeness (QED) is 0.667. The normalized spacial score (nSPS) is 10.3. The van der Waals surface area contributed by atoms with Gasteiger partial charge in [-0.1, -0.05) is 0 Å². The number of aromatic carboxylic acids is 1. The van der Waals surface area contributed by atoms with E-state index < -0.39 is 21.5 Å². The van der Waals surface area contributed by atoms with E-state index in [1.54, 1.807) is 0 Å². The van der Waals surface area contributed by atoms with E-state index in [9.17, 15) is 25.0 Å². The summed E-state index contributed by atoms with van der Waals surface area (Å²) in [5, 5.41) is 34.3. The molecular formula is C11H8N4O6. The predicted octanol–water partition coefficient (Wildman–Crippen LogP) is 1.70. The Kier molecular flexibility index (Phi) is 3.36. The summed E-state index contributed by atoms with van der Waals surface area (Å²) in [5.41, 5.74) is -0.765. The van der Waals surface area contributed by atoms with Crippen molar-refractivity contribution >= 4 is 17.3 Å². The zero-order valence-electron chi connectivity index (χ0n) is 10.6. The van der Waals surface area contributed by atoms with Crippen LogP contribution >= 0.6 is 0 Å². The summed E-state index contributed by atoms with van der Waals surface area (Å²) in [6, 6.07) is 2.10. The minimum absolute atomic E-state index is 0.0923. The summed E-state index contributed by atoms with van der Waals surface area (Å²) in [5.74, 6) is -1.35. The topological polar surface area (TPSA) is 141 Å². The first-order chi connectivity index (χ1) is 9.81. The molecule has 1 N–H and O–H groups in total. The molecule has 21 heavy (non-hydrogen) atoms. The van der Waals surface area contributed by atoms with Crippen molar-refractivity contribution in [3.05, 3.63) is 55.9 Å². The Morgan fingerprint density at radius 3 is 2.43 bits per heavy atom. The molecule has 0 saturated carbocycles. The first-order valence-corrected chi connectivity index (χ1v) is 5.53. The molecule has 2 aromatic rings. The van der Waals surface area contributed by atoms with E-state index >= 15 is 0 Å². The van der Waals surface area contributed by atoms with Crippen molar-refractivity contribution in [1.29, 1.82) is 0 Å². The molecule has 0 fully saturated rings. The second kappa shape index (κ2) is 5.00. The van der Waals surface area contributed by atoms with Crippen LogP contribution in [0.2, 0.25) is 0 Å². The van der Waals surface area contributed by atoms with Gasteiger partial charge in [-0.2, -0.15) is 5.10 Å². The molecule has 2 rings (SSSR count). The third-order valence-corrected chi connectivity index (χ3v) is 2.82. The van der Waals surface area contributed by atoms with E-state index in [0.717, 1.165) is 23.1 Å². The molecule has 0 bridgehead atoms. The van der Waals surface area contributed by atoms with Crippen LogP contribution in [-0.4, -0.2) is 30.7 Å². The van der Waals surface area contributed by atoms with Crippen LogP contribution in [0, 0.1) is 27.2 Å². The fourth-order valence-corrected chi connectivity index (χ4v) is 1.77. The van der Waals surface area contributed by atoms with Gasteiger partial charge in [0.25, 0.3) is 5.69 Å². The predicted molar refractivity (Wildman–Crippen MR) is 68.6 cm³/mol. The highest BCUT2D eigenvalue weighted by atomic mass is 16.6. The number of benzene rings is 1. The fraction of sp³-hybridized carbons (Fsp3) is 0.0909. The lowest BCUT2D eigenvalue weighted by Gasteiger charge is -2.07. The summed E-state index contributed by atoms with van der Waals surface area (Å²) in [7, 11) is 0. The van der Waals surface area contributed by atoms with Crippen LogP contribution in [0.25, 0.3) is 5.69 Å². The third kappa shape index (κ3) is 2.54. The summed E-state index contributed by atoms with van der Waals surface area (Å²) < 4.78 is 1.03. The minimum atomic E-state index is -1.35. The maximum atomic E-state index is 11.0. The molecule has 0 aliphatic carbocycles. The number of carboxylic acid groups (broad SMARTS) is 1. The van der Waals surface area contributed by atoms with Gasteiger partial charge in [-0.05, 0) is 13.0 Å². The third-order valence-electron chi connectivity index (χ3n) is 2.82. The molecule has 1 heterocycles. The number of rotatable bonds is 4. The first kappa shape index (κ1) is 14.1. The molecular weight excluding hydrogens is 284 g/mol. The largest absolute Gasteiger partial charge is 0.478 e. The van der Waals surface area contributed by atoms with E-state index in [-0.39, 0.29) is 22.5 Å². The maximum absolute atomic E-state index is 11.0. The lowest BCUT2D eigenvalue weighted by molar-refractivity contribution is -0.385. The molecule has 10 nitrogen and oxygen atoms in total. The zero-order chi connectivity index (χ0) is 15.7. The second-order valence-corrected chi connectivity index (χ2v) is 4.10. The van der Waals surface area contributed by atoms with Gasteiger partial charge in [-0.3, -0.25) is 20.2 Å². The van der Waals surface area contributed by atoms with Crippen LogP contribution in [0.4, 0.5) is 11.4 Å². The maximum Gasteiger partial charge on any atom is 0.336 e. The van der Waals surface area contributed by atoms with Crippen LogP contribution in [0.5, 0.6) is 0 Å². The number of aromatic nitrogens is 2. The van der Waals surface area contributed by atoms with E-state index in [4.69, 9.17) is 5.11 Å².